The first-order valence-electron chi connectivity index (χ1n) is 5.11. The Hall–Kier alpha value is -0.870. The lowest BCUT2D eigenvalue weighted by Crippen LogP contribution is -2.51. The molecule has 16 heavy (non-hydrogen) atoms. The van der Waals surface area contributed by atoms with Crippen LogP contribution in [0.4, 0.5) is 0 Å². The number of rotatable bonds is 2. The van der Waals surface area contributed by atoms with E-state index in [-0.39, 0.29) is 5.97 Å². The highest BCUT2D eigenvalue weighted by Crippen LogP contribution is 2.45. The second-order valence-electron chi connectivity index (χ2n) is 4.15. The van der Waals surface area contributed by atoms with Crippen LogP contribution >= 0.6 is 15.9 Å². The lowest BCUT2D eigenvalue weighted by atomic mass is 9.63. The van der Waals surface area contributed by atoms with Crippen molar-refractivity contribution in [3.8, 4) is 0 Å². The monoisotopic (exact) mass is 284 g/mol. The lowest BCUT2D eigenvalue weighted by molar-refractivity contribution is -0.156. The number of benzene rings is 1. The molecule has 0 saturated heterocycles. The van der Waals surface area contributed by atoms with Gasteiger partial charge in [0.1, 0.15) is 0 Å². The summed E-state index contributed by atoms with van der Waals surface area (Å²) in [6, 6.07) is 7.59. The number of esters is 1. The van der Waals surface area contributed by atoms with E-state index in [1.165, 1.54) is 7.11 Å². The number of halogens is 1. The van der Waals surface area contributed by atoms with Gasteiger partial charge in [0.15, 0.2) is 0 Å². The molecule has 0 amide bonds. The SMILES string of the molecule is COC(=O)[C@]1(c2cccc(Br)c2)C[C@@H](O)C1. The van der Waals surface area contributed by atoms with Crippen LogP contribution < -0.4 is 0 Å². The molecule has 1 fully saturated rings. The molecule has 1 aromatic rings. The smallest absolute Gasteiger partial charge is 0.316 e. The van der Waals surface area contributed by atoms with Crippen LogP contribution in [0.2, 0.25) is 0 Å². The number of ether oxygens (including phenoxy) is 1. The topological polar surface area (TPSA) is 46.5 Å². The molecule has 0 heterocycles. The molecule has 2 rings (SSSR count). The molecule has 1 saturated carbocycles. The number of hydrogen-bond acceptors (Lipinski definition) is 3. The Morgan fingerprint density at radius 3 is 2.75 bits per heavy atom. The van der Waals surface area contributed by atoms with Crippen LogP contribution in [0.25, 0.3) is 0 Å². The number of methoxy groups -OCH3 is 1. The maximum absolute atomic E-state index is 11.8. The van der Waals surface area contributed by atoms with Crippen molar-refractivity contribution in [1.29, 1.82) is 0 Å². The molecule has 0 bridgehead atoms. The Kier molecular flexibility index (Phi) is 3.04. The van der Waals surface area contributed by atoms with E-state index >= 15 is 0 Å². The fourth-order valence-corrected chi connectivity index (χ4v) is 2.65. The Morgan fingerprint density at radius 2 is 2.25 bits per heavy atom. The minimum absolute atomic E-state index is 0.268. The van der Waals surface area contributed by atoms with E-state index < -0.39 is 11.5 Å². The van der Waals surface area contributed by atoms with E-state index in [1.54, 1.807) is 0 Å². The van der Waals surface area contributed by atoms with Crippen LogP contribution in [0.5, 0.6) is 0 Å². The molecule has 0 aliphatic heterocycles. The van der Waals surface area contributed by atoms with Gasteiger partial charge in [-0.3, -0.25) is 4.79 Å². The predicted octanol–water partition coefficient (Wildman–Crippen LogP) is 2.01. The van der Waals surface area contributed by atoms with E-state index in [9.17, 15) is 9.90 Å². The predicted molar refractivity (Wildman–Crippen MR) is 63.1 cm³/mol. The summed E-state index contributed by atoms with van der Waals surface area (Å²) in [6.45, 7) is 0. The van der Waals surface area contributed by atoms with Gasteiger partial charge in [-0.25, -0.2) is 0 Å². The van der Waals surface area contributed by atoms with Crippen molar-refractivity contribution in [1.82, 2.24) is 0 Å². The Morgan fingerprint density at radius 1 is 1.56 bits per heavy atom. The number of hydrogen-bond donors (Lipinski definition) is 1. The first-order valence-corrected chi connectivity index (χ1v) is 5.90. The third-order valence-corrected chi connectivity index (χ3v) is 3.61. The fourth-order valence-electron chi connectivity index (χ4n) is 2.25. The van der Waals surface area contributed by atoms with Crippen LogP contribution in [0.1, 0.15) is 18.4 Å². The number of carbonyl (C=O) groups is 1. The van der Waals surface area contributed by atoms with Gasteiger partial charge in [0, 0.05) is 4.47 Å². The van der Waals surface area contributed by atoms with E-state index in [2.05, 4.69) is 15.9 Å². The number of aliphatic hydroxyl groups excluding tert-OH is 1. The normalized spacial score (nSPS) is 28.3. The van der Waals surface area contributed by atoms with Crippen molar-refractivity contribution in [2.24, 2.45) is 0 Å². The fraction of sp³-hybridized carbons (Fsp3) is 0.417. The minimum atomic E-state index is -0.655. The summed E-state index contributed by atoms with van der Waals surface area (Å²) < 4.78 is 5.76. The summed E-state index contributed by atoms with van der Waals surface area (Å²) in [6.07, 6.45) is 0.477. The lowest BCUT2D eigenvalue weighted by Gasteiger charge is -2.43. The highest BCUT2D eigenvalue weighted by molar-refractivity contribution is 9.10. The van der Waals surface area contributed by atoms with Crippen LogP contribution in [0.3, 0.4) is 0 Å². The third kappa shape index (κ3) is 1.76. The zero-order valence-corrected chi connectivity index (χ0v) is 10.5. The quantitative estimate of drug-likeness (QED) is 0.846. The van der Waals surface area contributed by atoms with Gasteiger partial charge in [-0.1, -0.05) is 28.1 Å². The van der Waals surface area contributed by atoms with E-state index in [0.717, 1.165) is 10.0 Å². The van der Waals surface area contributed by atoms with Crippen LogP contribution in [0, 0.1) is 0 Å². The second-order valence-corrected chi connectivity index (χ2v) is 5.06. The summed E-state index contributed by atoms with van der Waals surface area (Å²) in [5, 5.41) is 9.44. The van der Waals surface area contributed by atoms with Crippen molar-refractivity contribution in [2.75, 3.05) is 7.11 Å². The van der Waals surface area contributed by atoms with Crippen molar-refractivity contribution in [2.45, 2.75) is 24.4 Å². The highest BCUT2D eigenvalue weighted by Gasteiger charge is 2.52. The molecule has 1 aromatic carbocycles. The van der Waals surface area contributed by atoms with Gasteiger partial charge < -0.3 is 9.84 Å². The van der Waals surface area contributed by atoms with Gasteiger partial charge in [-0.05, 0) is 30.5 Å². The van der Waals surface area contributed by atoms with Gasteiger partial charge >= 0.3 is 5.97 Å². The molecule has 0 aromatic heterocycles. The second kappa shape index (κ2) is 4.18. The van der Waals surface area contributed by atoms with E-state index in [0.29, 0.717) is 12.8 Å². The van der Waals surface area contributed by atoms with Crippen molar-refractivity contribution < 1.29 is 14.6 Å². The molecule has 0 atom stereocenters. The first-order chi connectivity index (χ1) is 7.58. The van der Waals surface area contributed by atoms with Gasteiger partial charge in [0.25, 0.3) is 0 Å². The number of carbonyl (C=O) groups excluding carboxylic acids is 1. The molecular formula is C12H13BrO3. The first kappa shape index (κ1) is 11.6. The van der Waals surface area contributed by atoms with Crippen LogP contribution in [0.15, 0.2) is 28.7 Å². The summed E-state index contributed by atoms with van der Waals surface area (Å²) >= 11 is 3.38. The molecule has 0 spiro atoms. The number of aliphatic hydroxyl groups is 1. The summed E-state index contributed by atoms with van der Waals surface area (Å²) in [7, 11) is 1.38. The van der Waals surface area contributed by atoms with E-state index in [1.807, 2.05) is 24.3 Å². The molecule has 3 nitrogen and oxygen atoms in total. The maximum Gasteiger partial charge on any atom is 0.316 e. The summed E-state index contributed by atoms with van der Waals surface area (Å²) in [5.74, 6) is -0.268. The van der Waals surface area contributed by atoms with Gasteiger partial charge in [0.2, 0.25) is 0 Å². The standard InChI is InChI=1S/C12H13BrO3/c1-16-11(15)12(6-10(14)7-12)8-3-2-4-9(13)5-8/h2-5,10,14H,6-7H2,1H3/t10-,12-. The summed E-state index contributed by atoms with van der Waals surface area (Å²) in [5.41, 5.74) is 0.247. The Bertz CT molecular complexity index is 410. The zero-order valence-electron chi connectivity index (χ0n) is 8.94. The van der Waals surface area contributed by atoms with Crippen LogP contribution in [-0.2, 0) is 14.9 Å². The maximum atomic E-state index is 11.8. The molecule has 1 aliphatic rings. The third-order valence-electron chi connectivity index (χ3n) is 3.12. The molecule has 1 N–H and O–H groups in total. The minimum Gasteiger partial charge on any atom is -0.468 e. The molecule has 0 radical (unpaired) electrons. The summed E-state index contributed by atoms with van der Waals surface area (Å²) in [4.78, 5) is 11.8. The Balaban J connectivity index is 2.37. The molecule has 4 heteroatoms. The molecule has 0 unspecified atom stereocenters. The van der Waals surface area contributed by atoms with Crippen molar-refractivity contribution in [3.05, 3.63) is 34.3 Å². The average molecular weight is 285 g/mol. The van der Waals surface area contributed by atoms with Crippen molar-refractivity contribution in [3.63, 3.8) is 0 Å². The molecule has 86 valence electrons. The van der Waals surface area contributed by atoms with Gasteiger partial charge in [-0.15, -0.1) is 0 Å². The molecule has 1 aliphatic carbocycles. The molecular weight excluding hydrogens is 272 g/mol. The van der Waals surface area contributed by atoms with Crippen molar-refractivity contribution >= 4 is 21.9 Å². The average Bonchev–Trinajstić information content (AvgIpc) is 2.23. The largest absolute Gasteiger partial charge is 0.468 e. The van der Waals surface area contributed by atoms with E-state index in [4.69, 9.17) is 4.74 Å². The highest BCUT2D eigenvalue weighted by atomic mass is 79.9. The van der Waals surface area contributed by atoms with Gasteiger partial charge in [0.05, 0.1) is 18.6 Å². The van der Waals surface area contributed by atoms with Gasteiger partial charge in [-0.2, -0.15) is 0 Å². The van der Waals surface area contributed by atoms with Crippen LogP contribution in [-0.4, -0.2) is 24.3 Å². The Labute approximate surface area is 103 Å². The zero-order chi connectivity index (χ0) is 11.8.